The zero-order valence-electron chi connectivity index (χ0n) is 5.79. The van der Waals surface area contributed by atoms with Gasteiger partial charge in [0.25, 0.3) is 0 Å². The van der Waals surface area contributed by atoms with Gasteiger partial charge in [0.15, 0.2) is 0 Å². The Balaban J connectivity index is 2.31. The van der Waals surface area contributed by atoms with Crippen LogP contribution in [0.5, 0.6) is 0 Å². The van der Waals surface area contributed by atoms with E-state index >= 15 is 0 Å². The van der Waals surface area contributed by atoms with Gasteiger partial charge in [0.2, 0.25) is 0 Å². The van der Waals surface area contributed by atoms with E-state index in [1.165, 1.54) is 0 Å². The Hall–Kier alpha value is 0.190. The van der Waals surface area contributed by atoms with Crippen molar-refractivity contribution < 1.29 is 9.11 Å². The van der Waals surface area contributed by atoms with Crippen molar-refractivity contribution in [1.29, 1.82) is 0 Å². The molecule has 0 radical (unpaired) electrons. The second kappa shape index (κ2) is 3.06. The van der Waals surface area contributed by atoms with E-state index in [4.69, 9.17) is 14.9 Å². The van der Waals surface area contributed by atoms with Crippen molar-refractivity contribution in [2.45, 2.75) is 18.9 Å². The molecule has 1 aliphatic rings. The molecule has 1 rings (SSSR count). The average molecular weight is 166 g/mol. The fourth-order valence-corrected chi connectivity index (χ4v) is 2.60. The van der Waals surface area contributed by atoms with Crippen LogP contribution in [0.1, 0.15) is 12.8 Å². The summed E-state index contributed by atoms with van der Waals surface area (Å²) in [5.74, 6) is 6.19. The van der Waals surface area contributed by atoms with Crippen LogP contribution in [0.15, 0.2) is 0 Å². The van der Waals surface area contributed by atoms with Gasteiger partial charge in [0, 0.05) is 17.5 Å². The Labute approximate surface area is 62.1 Å². The minimum Gasteiger partial charge on any atom is -0.299 e. The van der Waals surface area contributed by atoms with E-state index in [0.29, 0.717) is 11.5 Å². The molecule has 5 heteroatoms. The minimum atomic E-state index is -2.22. The third-order valence-electron chi connectivity index (χ3n) is 1.82. The first kappa shape index (κ1) is 8.29. The monoisotopic (exact) mass is 166 g/mol. The molecule has 5 N–H and O–H groups in total. The fourth-order valence-electron chi connectivity index (χ4n) is 1.08. The van der Waals surface area contributed by atoms with Crippen LogP contribution in [-0.4, -0.2) is 26.7 Å². The Morgan fingerprint density at radius 2 is 1.80 bits per heavy atom. The van der Waals surface area contributed by atoms with Crippen LogP contribution in [0.25, 0.3) is 0 Å². The maximum atomic E-state index is 9.16. The number of nitrogens with one attached hydrogen (secondary N) is 1. The lowest BCUT2D eigenvalue weighted by atomic mass is 10.2. The second-order valence-corrected chi connectivity index (χ2v) is 5.07. The van der Waals surface area contributed by atoms with Gasteiger partial charge in [-0.1, -0.05) is 0 Å². The number of nitrogens with two attached hydrogens (primary N) is 1. The Kier molecular flexibility index (Phi) is 2.54. The predicted octanol–water partition coefficient (Wildman–Crippen LogP) is 0.363. The van der Waals surface area contributed by atoms with E-state index in [-0.39, 0.29) is 6.04 Å². The molecule has 0 aromatic rings. The van der Waals surface area contributed by atoms with Gasteiger partial charge in [-0.3, -0.25) is 20.4 Å². The Morgan fingerprint density at radius 3 is 2.20 bits per heavy atom. The van der Waals surface area contributed by atoms with Gasteiger partial charge in [-0.2, -0.15) is 10.6 Å². The van der Waals surface area contributed by atoms with Crippen LogP contribution in [-0.2, 0) is 0 Å². The van der Waals surface area contributed by atoms with Gasteiger partial charge in [-0.25, -0.2) is 0 Å². The van der Waals surface area contributed by atoms with Crippen molar-refractivity contribution in [2.75, 3.05) is 11.5 Å². The minimum absolute atomic E-state index is 0.278. The molecule has 0 aromatic heterocycles. The van der Waals surface area contributed by atoms with Crippen LogP contribution in [0.2, 0.25) is 0 Å². The first-order chi connectivity index (χ1) is 4.64. The van der Waals surface area contributed by atoms with Crippen molar-refractivity contribution in [2.24, 2.45) is 5.84 Å². The average Bonchev–Trinajstić information content (AvgIpc) is 1.88. The largest absolute Gasteiger partial charge is 0.299 e. The maximum absolute atomic E-state index is 9.16. The maximum Gasteiger partial charge on any atom is 0.0389 e. The van der Waals surface area contributed by atoms with E-state index in [2.05, 4.69) is 5.43 Å². The predicted molar refractivity (Wildman–Crippen MR) is 42.9 cm³/mol. The van der Waals surface area contributed by atoms with Gasteiger partial charge in [0.05, 0.1) is 0 Å². The standard InChI is InChI=1S/C5H14N2O2S/c6-7-5-1-3-10(8,9)4-2-5/h5,7-9H,1-4,6H2. The van der Waals surface area contributed by atoms with E-state index < -0.39 is 10.6 Å². The summed E-state index contributed by atoms with van der Waals surface area (Å²) >= 11 is 0. The summed E-state index contributed by atoms with van der Waals surface area (Å²) in [6, 6.07) is 0.278. The molecule has 0 atom stereocenters. The first-order valence-corrected chi connectivity index (χ1v) is 5.22. The van der Waals surface area contributed by atoms with Gasteiger partial charge in [-0.05, 0) is 12.8 Å². The Morgan fingerprint density at radius 1 is 1.30 bits per heavy atom. The molecule has 0 spiro atoms. The highest BCUT2D eigenvalue weighted by molar-refractivity contribution is 8.24. The molecule has 10 heavy (non-hydrogen) atoms. The lowest BCUT2D eigenvalue weighted by Gasteiger charge is -2.38. The van der Waals surface area contributed by atoms with Gasteiger partial charge in [0.1, 0.15) is 0 Å². The quantitative estimate of drug-likeness (QED) is 0.335. The van der Waals surface area contributed by atoms with Crippen LogP contribution in [0, 0.1) is 0 Å². The highest BCUT2D eigenvalue weighted by atomic mass is 32.3. The molecular weight excluding hydrogens is 152 g/mol. The van der Waals surface area contributed by atoms with Crippen molar-refractivity contribution in [3.05, 3.63) is 0 Å². The van der Waals surface area contributed by atoms with E-state index in [1.54, 1.807) is 0 Å². The zero-order valence-corrected chi connectivity index (χ0v) is 6.60. The van der Waals surface area contributed by atoms with Gasteiger partial charge in [-0.15, -0.1) is 0 Å². The van der Waals surface area contributed by atoms with Crippen molar-refractivity contribution in [3.63, 3.8) is 0 Å². The van der Waals surface area contributed by atoms with Crippen LogP contribution < -0.4 is 11.3 Å². The second-order valence-electron chi connectivity index (χ2n) is 2.65. The molecule has 0 bridgehead atoms. The van der Waals surface area contributed by atoms with Crippen molar-refractivity contribution in [1.82, 2.24) is 5.43 Å². The molecular formula is C5H14N2O2S. The summed E-state index contributed by atoms with van der Waals surface area (Å²) in [5, 5.41) is 0. The molecule has 0 aliphatic carbocycles. The zero-order chi connectivity index (χ0) is 7.61. The number of hydrazine groups is 1. The summed E-state index contributed by atoms with van der Waals surface area (Å²) in [7, 11) is -2.22. The molecule has 1 saturated heterocycles. The summed E-state index contributed by atoms with van der Waals surface area (Å²) in [6.45, 7) is 0. The fraction of sp³-hybridized carbons (Fsp3) is 1.00. The van der Waals surface area contributed by atoms with Crippen LogP contribution >= 0.6 is 10.6 Å². The van der Waals surface area contributed by atoms with Crippen LogP contribution in [0.4, 0.5) is 0 Å². The van der Waals surface area contributed by atoms with Crippen molar-refractivity contribution in [3.8, 4) is 0 Å². The van der Waals surface area contributed by atoms with Crippen LogP contribution in [0.3, 0.4) is 0 Å². The van der Waals surface area contributed by atoms with Gasteiger partial charge < -0.3 is 0 Å². The number of rotatable bonds is 1. The molecule has 0 saturated carbocycles. The molecule has 1 aliphatic heterocycles. The molecule has 1 fully saturated rings. The lowest BCUT2D eigenvalue weighted by Crippen LogP contribution is -2.40. The third-order valence-corrected chi connectivity index (χ3v) is 3.60. The summed E-state index contributed by atoms with van der Waals surface area (Å²) in [5.41, 5.74) is 2.63. The smallest absolute Gasteiger partial charge is 0.0389 e. The van der Waals surface area contributed by atoms with E-state index in [1.807, 2.05) is 0 Å². The summed E-state index contributed by atoms with van der Waals surface area (Å²) in [4.78, 5) is 0. The highest BCUT2D eigenvalue weighted by Crippen LogP contribution is 2.43. The lowest BCUT2D eigenvalue weighted by molar-refractivity contribution is 0.427. The summed E-state index contributed by atoms with van der Waals surface area (Å²) in [6.07, 6.45) is 1.55. The topological polar surface area (TPSA) is 78.5 Å². The SMILES string of the molecule is NNC1CCS(O)(O)CC1. The summed E-state index contributed by atoms with van der Waals surface area (Å²) < 4.78 is 18.3. The molecule has 1 heterocycles. The number of hydrogen-bond donors (Lipinski definition) is 4. The number of hydrogen-bond acceptors (Lipinski definition) is 4. The van der Waals surface area contributed by atoms with E-state index in [0.717, 1.165) is 12.8 Å². The van der Waals surface area contributed by atoms with E-state index in [9.17, 15) is 0 Å². The molecule has 0 unspecified atom stereocenters. The molecule has 62 valence electrons. The van der Waals surface area contributed by atoms with Gasteiger partial charge >= 0.3 is 0 Å². The third kappa shape index (κ3) is 2.10. The molecule has 0 amide bonds. The Bertz CT molecular complexity index is 110. The highest BCUT2D eigenvalue weighted by Gasteiger charge is 2.22. The normalized spacial score (nSPS) is 29.9. The van der Waals surface area contributed by atoms with Crippen molar-refractivity contribution >= 4 is 10.6 Å². The first-order valence-electron chi connectivity index (χ1n) is 3.34. The molecule has 4 nitrogen and oxygen atoms in total. The molecule has 0 aromatic carbocycles.